The monoisotopic (exact) mass is 417 g/mol. The van der Waals surface area contributed by atoms with Crippen LogP contribution in [0.15, 0.2) is 40.8 Å². The Bertz CT molecular complexity index is 848. The Morgan fingerprint density at radius 1 is 1.28 bits per heavy atom. The quantitative estimate of drug-likeness (QED) is 0.522. The van der Waals surface area contributed by atoms with Gasteiger partial charge in [-0.2, -0.15) is 5.10 Å². The number of methoxy groups -OCH3 is 1. The fourth-order valence-electron chi connectivity index (χ4n) is 2.72. The van der Waals surface area contributed by atoms with Gasteiger partial charge in [-0.15, -0.1) is 11.3 Å². The second-order valence-electron chi connectivity index (χ2n) is 6.24. The van der Waals surface area contributed by atoms with Crippen molar-refractivity contribution >= 4 is 29.4 Å². The highest BCUT2D eigenvalue weighted by atomic mass is 32.1. The summed E-state index contributed by atoms with van der Waals surface area (Å²) in [5, 5.41) is 5.90. The first-order chi connectivity index (χ1) is 14.2. The molecule has 0 bridgehead atoms. The van der Waals surface area contributed by atoms with E-state index < -0.39 is 0 Å². The fraction of sp³-hybridized carbons (Fsp3) is 0.350. The van der Waals surface area contributed by atoms with Crippen LogP contribution in [0.1, 0.15) is 10.4 Å². The number of morpholine rings is 1. The summed E-state index contributed by atoms with van der Waals surface area (Å²) < 4.78 is 16.2. The van der Waals surface area contributed by atoms with E-state index in [9.17, 15) is 9.59 Å². The second-order valence-corrected chi connectivity index (χ2v) is 7.27. The largest absolute Gasteiger partial charge is 0.493 e. The van der Waals surface area contributed by atoms with Gasteiger partial charge in [-0.25, -0.2) is 5.43 Å². The lowest BCUT2D eigenvalue weighted by Gasteiger charge is -2.26. The smallest absolute Gasteiger partial charge is 0.260 e. The zero-order valence-electron chi connectivity index (χ0n) is 16.1. The van der Waals surface area contributed by atoms with Crippen LogP contribution in [0.5, 0.6) is 11.5 Å². The average Bonchev–Trinajstić information content (AvgIpc) is 3.26. The molecular formula is C20H23N3O5S. The number of hydrogen-bond acceptors (Lipinski definition) is 7. The summed E-state index contributed by atoms with van der Waals surface area (Å²) in [6.07, 6.45) is 1.82. The zero-order valence-corrected chi connectivity index (χ0v) is 16.9. The number of ether oxygens (including phenoxy) is 3. The highest BCUT2D eigenvalue weighted by Gasteiger charge is 2.18. The van der Waals surface area contributed by atoms with Crippen LogP contribution in [0.4, 0.5) is 0 Å². The number of benzene rings is 1. The first-order valence-electron chi connectivity index (χ1n) is 9.16. The number of amides is 2. The van der Waals surface area contributed by atoms with Gasteiger partial charge in [0.05, 0.1) is 33.0 Å². The van der Waals surface area contributed by atoms with Gasteiger partial charge in [0.2, 0.25) is 5.91 Å². The number of carbonyl (C=O) groups is 2. The molecule has 2 amide bonds. The molecule has 0 saturated carbocycles. The molecule has 0 aliphatic carbocycles. The molecule has 0 radical (unpaired) electrons. The molecular weight excluding hydrogens is 394 g/mol. The summed E-state index contributed by atoms with van der Waals surface area (Å²) in [5.41, 5.74) is 3.23. The van der Waals surface area contributed by atoms with Crippen molar-refractivity contribution in [3.63, 3.8) is 0 Å². The van der Waals surface area contributed by atoms with Gasteiger partial charge >= 0.3 is 0 Å². The van der Waals surface area contributed by atoms with Crippen LogP contribution in [-0.2, 0) is 20.7 Å². The Kier molecular flexibility index (Phi) is 7.60. The van der Waals surface area contributed by atoms with E-state index in [0.717, 1.165) is 10.4 Å². The zero-order chi connectivity index (χ0) is 20.5. The van der Waals surface area contributed by atoms with E-state index in [1.165, 1.54) is 24.7 Å². The molecule has 1 aromatic carbocycles. The molecule has 9 heteroatoms. The lowest BCUT2D eigenvalue weighted by atomic mass is 10.2. The minimum Gasteiger partial charge on any atom is -0.493 e. The van der Waals surface area contributed by atoms with Crippen molar-refractivity contribution in [3.05, 3.63) is 46.2 Å². The number of carbonyl (C=O) groups excluding carboxylic acids is 2. The standard InChI is InChI=1S/C20H23N3O5S/c1-26-18-11-15(13-21-22-19(24)12-16-3-2-10-29-16)4-5-17(18)28-14-20(25)23-6-8-27-9-7-23/h2-5,10-11,13H,6-9,12,14H2,1H3,(H,22,24)/b21-13-. The fourth-order valence-corrected chi connectivity index (χ4v) is 3.42. The van der Waals surface area contributed by atoms with Crippen LogP contribution in [0, 0.1) is 0 Å². The van der Waals surface area contributed by atoms with Crippen LogP contribution in [0.3, 0.4) is 0 Å². The molecule has 0 atom stereocenters. The van der Waals surface area contributed by atoms with Crippen molar-refractivity contribution < 1.29 is 23.8 Å². The molecule has 1 aliphatic rings. The molecule has 1 aliphatic heterocycles. The van der Waals surface area contributed by atoms with E-state index >= 15 is 0 Å². The Morgan fingerprint density at radius 3 is 2.83 bits per heavy atom. The van der Waals surface area contributed by atoms with Crippen LogP contribution < -0.4 is 14.9 Å². The van der Waals surface area contributed by atoms with Crippen LogP contribution >= 0.6 is 11.3 Å². The highest BCUT2D eigenvalue weighted by Crippen LogP contribution is 2.27. The maximum Gasteiger partial charge on any atom is 0.260 e. The van der Waals surface area contributed by atoms with E-state index in [2.05, 4.69) is 10.5 Å². The van der Waals surface area contributed by atoms with Gasteiger partial charge in [0, 0.05) is 18.0 Å². The number of rotatable bonds is 8. The van der Waals surface area contributed by atoms with Gasteiger partial charge in [-0.3, -0.25) is 9.59 Å². The maximum absolute atomic E-state index is 12.2. The molecule has 3 rings (SSSR count). The van der Waals surface area contributed by atoms with Crippen LogP contribution in [-0.4, -0.2) is 62.9 Å². The maximum atomic E-state index is 12.2. The van der Waals surface area contributed by atoms with Crippen molar-refractivity contribution in [2.24, 2.45) is 5.10 Å². The molecule has 1 fully saturated rings. The number of hydrogen-bond donors (Lipinski definition) is 1. The van der Waals surface area contributed by atoms with E-state index in [0.29, 0.717) is 44.2 Å². The highest BCUT2D eigenvalue weighted by molar-refractivity contribution is 7.10. The topological polar surface area (TPSA) is 89.5 Å². The first kappa shape index (κ1) is 20.8. The summed E-state index contributed by atoms with van der Waals surface area (Å²) in [6.45, 7) is 2.18. The molecule has 8 nitrogen and oxygen atoms in total. The number of nitrogens with zero attached hydrogens (tertiary/aromatic N) is 2. The summed E-state index contributed by atoms with van der Waals surface area (Å²) in [5.74, 6) is 0.674. The van der Waals surface area contributed by atoms with Crippen molar-refractivity contribution in [3.8, 4) is 11.5 Å². The van der Waals surface area contributed by atoms with Gasteiger partial charge in [-0.1, -0.05) is 6.07 Å². The van der Waals surface area contributed by atoms with Crippen molar-refractivity contribution in [1.29, 1.82) is 0 Å². The molecule has 29 heavy (non-hydrogen) atoms. The van der Waals surface area contributed by atoms with E-state index in [4.69, 9.17) is 14.2 Å². The molecule has 0 unspecified atom stereocenters. The minimum absolute atomic E-state index is 0.0669. The Hall–Kier alpha value is -2.91. The summed E-state index contributed by atoms with van der Waals surface area (Å²) >= 11 is 1.53. The molecule has 0 spiro atoms. The Labute approximate surface area is 173 Å². The SMILES string of the molecule is COc1cc(/C=N\NC(=O)Cc2cccs2)ccc1OCC(=O)N1CCOCC1. The molecule has 154 valence electrons. The van der Waals surface area contributed by atoms with E-state index in [1.54, 1.807) is 23.1 Å². The molecule has 1 saturated heterocycles. The van der Waals surface area contributed by atoms with Crippen molar-refractivity contribution in [1.82, 2.24) is 10.3 Å². The predicted molar refractivity (Wildman–Crippen MR) is 110 cm³/mol. The lowest BCUT2D eigenvalue weighted by Crippen LogP contribution is -2.43. The Morgan fingerprint density at radius 2 is 2.10 bits per heavy atom. The van der Waals surface area contributed by atoms with Gasteiger partial charge in [0.25, 0.3) is 5.91 Å². The summed E-state index contributed by atoms with van der Waals surface area (Å²) in [4.78, 5) is 26.7. The molecule has 2 aromatic rings. The van der Waals surface area contributed by atoms with Gasteiger partial charge in [-0.05, 0) is 35.2 Å². The van der Waals surface area contributed by atoms with Crippen molar-refractivity contribution in [2.45, 2.75) is 6.42 Å². The van der Waals surface area contributed by atoms with Crippen LogP contribution in [0.25, 0.3) is 0 Å². The third-order valence-electron chi connectivity index (χ3n) is 4.22. The van der Waals surface area contributed by atoms with E-state index in [1.807, 2.05) is 17.5 Å². The molecule has 1 N–H and O–H groups in total. The van der Waals surface area contributed by atoms with Gasteiger partial charge in [0.1, 0.15) is 0 Å². The molecule has 1 aromatic heterocycles. The number of nitrogens with one attached hydrogen (secondary N) is 1. The normalized spacial score (nSPS) is 14.0. The minimum atomic E-state index is -0.183. The first-order valence-corrected chi connectivity index (χ1v) is 10.0. The average molecular weight is 417 g/mol. The third-order valence-corrected chi connectivity index (χ3v) is 5.10. The predicted octanol–water partition coefficient (Wildman–Crippen LogP) is 1.69. The van der Waals surface area contributed by atoms with Gasteiger partial charge < -0.3 is 19.1 Å². The lowest BCUT2D eigenvalue weighted by molar-refractivity contribution is -0.137. The summed E-state index contributed by atoms with van der Waals surface area (Å²) in [6, 6.07) is 9.01. The second kappa shape index (κ2) is 10.6. The van der Waals surface area contributed by atoms with Gasteiger partial charge in [0.15, 0.2) is 18.1 Å². The third kappa shape index (κ3) is 6.30. The summed E-state index contributed by atoms with van der Waals surface area (Å²) in [7, 11) is 1.52. The molecule has 2 heterocycles. The number of thiophene rings is 1. The van der Waals surface area contributed by atoms with E-state index in [-0.39, 0.29) is 18.4 Å². The van der Waals surface area contributed by atoms with Crippen LogP contribution in [0.2, 0.25) is 0 Å². The van der Waals surface area contributed by atoms with Crippen molar-refractivity contribution in [2.75, 3.05) is 40.0 Å². The number of hydrazone groups is 1. The Balaban J connectivity index is 1.52.